The Balaban J connectivity index is 2.76. The molecule has 1 aliphatic heterocycles. The van der Waals surface area contributed by atoms with Crippen LogP contribution in [-0.2, 0) is 42.9 Å². The molecule has 1 heterocycles. The van der Waals surface area contributed by atoms with Crippen molar-refractivity contribution in [2.75, 3.05) is 13.2 Å². The maximum Gasteiger partial charge on any atom is 0.335 e. The molecule has 3 N–H and O–H groups in total. The average molecular weight is 995 g/mol. The quantitative estimate of drug-likeness (QED) is 0.0228. The van der Waals surface area contributed by atoms with Crippen molar-refractivity contribution in [2.24, 2.45) is 0 Å². The summed E-state index contributed by atoms with van der Waals surface area (Å²) in [7, 11) is 0. The van der Waals surface area contributed by atoms with Crippen molar-refractivity contribution in [2.45, 2.75) is 237 Å². The number of aliphatic hydroxyl groups is 2. The maximum atomic E-state index is 13.1. The highest BCUT2D eigenvalue weighted by Crippen LogP contribution is 2.26. The number of rotatable bonds is 44. The van der Waals surface area contributed by atoms with Crippen molar-refractivity contribution in [3.63, 3.8) is 0 Å². The molecule has 0 amide bonds. The van der Waals surface area contributed by atoms with Crippen LogP contribution in [0.25, 0.3) is 0 Å². The third-order valence-corrected chi connectivity index (χ3v) is 11.6. The van der Waals surface area contributed by atoms with E-state index in [9.17, 15) is 34.5 Å². The molecule has 6 atom stereocenters. The topological polar surface area (TPSA) is 175 Å². The molecule has 12 nitrogen and oxygen atoms in total. The van der Waals surface area contributed by atoms with E-state index >= 15 is 0 Å². The maximum absolute atomic E-state index is 13.1. The fraction of sp³-hybridized carbons (Fsp3) is 0.661. The van der Waals surface area contributed by atoms with Gasteiger partial charge in [0.25, 0.3) is 0 Å². The van der Waals surface area contributed by atoms with Crippen LogP contribution in [0.2, 0.25) is 0 Å². The lowest BCUT2D eigenvalue weighted by molar-refractivity contribution is -0.301. The van der Waals surface area contributed by atoms with E-state index in [4.69, 9.17) is 23.7 Å². The van der Waals surface area contributed by atoms with E-state index in [1.54, 1.807) is 0 Å². The van der Waals surface area contributed by atoms with Crippen molar-refractivity contribution >= 4 is 23.9 Å². The number of hydrogen-bond donors (Lipinski definition) is 3. The number of ether oxygens (including phenoxy) is 5. The highest BCUT2D eigenvalue weighted by atomic mass is 16.7. The number of hydrogen-bond acceptors (Lipinski definition) is 11. The van der Waals surface area contributed by atoms with Crippen molar-refractivity contribution in [3.05, 3.63) is 97.2 Å². The Morgan fingerprint density at radius 1 is 0.479 bits per heavy atom. The molecule has 0 aromatic rings. The Hall–Kier alpha value is -4.36. The molecule has 0 radical (unpaired) electrons. The van der Waals surface area contributed by atoms with Gasteiger partial charge in [0.1, 0.15) is 18.8 Å². The highest BCUT2D eigenvalue weighted by Gasteiger charge is 2.50. The van der Waals surface area contributed by atoms with Crippen LogP contribution in [0.3, 0.4) is 0 Å². The number of aliphatic carboxylic acids is 1. The lowest BCUT2D eigenvalue weighted by Crippen LogP contribution is -2.61. The zero-order valence-electron chi connectivity index (χ0n) is 43.9. The summed E-state index contributed by atoms with van der Waals surface area (Å²) in [5, 5.41) is 31.4. The van der Waals surface area contributed by atoms with E-state index in [-0.39, 0.29) is 25.9 Å². The van der Waals surface area contributed by atoms with Crippen LogP contribution in [0.1, 0.15) is 201 Å². The van der Waals surface area contributed by atoms with Gasteiger partial charge in [0, 0.05) is 19.3 Å². The summed E-state index contributed by atoms with van der Waals surface area (Å²) in [6.45, 7) is 5.62. The summed E-state index contributed by atoms with van der Waals surface area (Å²) in [5.41, 5.74) is 0. The van der Waals surface area contributed by atoms with E-state index in [1.807, 2.05) is 0 Å². The van der Waals surface area contributed by atoms with Crippen LogP contribution in [0, 0.1) is 0 Å². The lowest BCUT2D eigenvalue weighted by Gasteiger charge is -2.40. The second-order valence-electron chi connectivity index (χ2n) is 18.1. The minimum atomic E-state index is -1.92. The normalized spacial score (nSPS) is 19.3. The first kappa shape index (κ1) is 64.7. The van der Waals surface area contributed by atoms with Gasteiger partial charge in [-0.05, 0) is 109 Å². The molecule has 1 saturated heterocycles. The molecule has 402 valence electrons. The van der Waals surface area contributed by atoms with Gasteiger partial charge in [-0.3, -0.25) is 14.4 Å². The van der Waals surface area contributed by atoms with Crippen LogP contribution < -0.4 is 0 Å². The molecule has 0 bridgehead atoms. The van der Waals surface area contributed by atoms with Gasteiger partial charge in [-0.15, -0.1) is 0 Å². The second kappa shape index (κ2) is 46.7. The molecule has 0 aromatic heterocycles. The van der Waals surface area contributed by atoms with E-state index < -0.39 is 67.3 Å². The monoisotopic (exact) mass is 995 g/mol. The zero-order valence-corrected chi connectivity index (χ0v) is 43.9. The third kappa shape index (κ3) is 37.1. The van der Waals surface area contributed by atoms with E-state index in [0.717, 1.165) is 141 Å². The number of carboxylic acid groups (broad SMARTS) is 1. The minimum absolute atomic E-state index is 0.0343. The van der Waals surface area contributed by atoms with Crippen molar-refractivity contribution < 1.29 is 58.2 Å². The van der Waals surface area contributed by atoms with Gasteiger partial charge in [-0.25, -0.2) is 4.79 Å². The molecule has 71 heavy (non-hydrogen) atoms. The van der Waals surface area contributed by atoms with Crippen molar-refractivity contribution in [1.82, 2.24) is 0 Å². The van der Waals surface area contributed by atoms with Gasteiger partial charge in [-0.2, -0.15) is 0 Å². The number of carbonyl (C=O) groups is 4. The molecule has 1 aliphatic rings. The summed E-state index contributed by atoms with van der Waals surface area (Å²) >= 11 is 0. The minimum Gasteiger partial charge on any atom is -0.479 e. The molecule has 12 heteroatoms. The Kier molecular flexibility index (Phi) is 42.5. The standard InChI is InChI=1S/C59H94O12/c1-4-7-10-13-16-19-22-25-26-29-30-33-36-39-42-45-51(60)67-48-50(69-52(61)46-43-40-37-34-31-27-23-20-17-14-11-8-5-2)49-68-59-57(55(64)54(63)56(71-59)58(65)66)70-53(62)47-44-41-38-35-32-28-24-21-18-15-12-9-6-3/h7-8,10-12,15-17,19-21,24-27,31,50,54-57,59,63-64H,4-6,9,13-14,18,22-23,28-30,32-49H2,1-3H3,(H,65,66)/b10-7-,11-8-,15-12-,19-16-,20-17-,24-21-,26-25-,31-27-. The molecular formula is C59H94O12. The van der Waals surface area contributed by atoms with Crippen molar-refractivity contribution in [1.29, 1.82) is 0 Å². The summed E-state index contributed by atoms with van der Waals surface area (Å²) in [6.07, 6.45) is 48.2. The fourth-order valence-corrected chi connectivity index (χ4v) is 7.49. The van der Waals surface area contributed by atoms with Gasteiger partial charge >= 0.3 is 23.9 Å². The van der Waals surface area contributed by atoms with E-state index in [2.05, 4.69) is 118 Å². The van der Waals surface area contributed by atoms with Gasteiger partial charge in [0.05, 0.1) is 6.61 Å². The Morgan fingerprint density at radius 3 is 1.37 bits per heavy atom. The number of aliphatic hydroxyl groups excluding tert-OH is 2. The molecular weight excluding hydrogens is 901 g/mol. The third-order valence-electron chi connectivity index (χ3n) is 11.6. The molecule has 0 aromatic carbocycles. The van der Waals surface area contributed by atoms with E-state index in [1.165, 1.54) is 0 Å². The molecule has 0 spiro atoms. The summed E-state index contributed by atoms with van der Waals surface area (Å²) < 4.78 is 28.3. The summed E-state index contributed by atoms with van der Waals surface area (Å²) in [5.74, 6) is -3.22. The number of carboxylic acids is 1. The van der Waals surface area contributed by atoms with Crippen LogP contribution in [0.5, 0.6) is 0 Å². The Morgan fingerprint density at radius 2 is 0.887 bits per heavy atom. The smallest absolute Gasteiger partial charge is 0.335 e. The largest absolute Gasteiger partial charge is 0.479 e. The van der Waals surface area contributed by atoms with Gasteiger partial charge in [0.15, 0.2) is 24.6 Å². The summed E-state index contributed by atoms with van der Waals surface area (Å²) in [6, 6.07) is 0. The van der Waals surface area contributed by atoms with Crippen LogP contribution in [-0.4, -0.2) is 89.2 Å². The predicted molar refractivity (Wildman–Crippen MR) is 284 cm³/mol. The van der Waals surface area contributed by atoms with Gasteiger partial charge in [-0.1, -0.05) is 169 Å². The lowest BCUT2D eigenvalue weighted by atomic mass is 9.98. The second-order valence-corrected chi connectivity index (χ2v) is 18.1. The first-order valence-electron chi connectivity index (χ1n) is 27.2. The number of esters is 3. The zero-order chi connectivity index (χ0) is 51.8. The highest BCUT2D eigenvalue weighted by molar-refractivity contribution is 5.74. The first-order chi connectivity index (χ1) is 34.6. The van der Waals surface area contributed by atoms with E-state index in [0.29, 0.717) is 19.3 Å². The average Bonchev–Trinajstić information content (AvgIpc) is 3.35. The first-order valence-corrected chi connectivity index (χ1v) is 27.2. The van der Waals surface area contributed by atoms with Crippen LogP contribution in [0.15, 0.2) is 97.2 Å². The number of carbonyl (C=O) groups excluding carboxylic acids is 3. The molecule has 1 rings (SSSR count). The molecule has 1 fully saturated rings. The Bertz CT molecular complexity index is 1610. The summed E-state index contributed by atoms with van der Waals surface area (Å²) in [4.78, 5) is 50.9. The SMILES string of the molecule is CC/C=C\C/C=C\C/C=C\CCCCCCCC(=O)OCC(COC1OC(C(=O)O)C(O)C(O)C1OC(=O)CCCCCCC/C=C\C/C=C\CCC)OC(=O)CCCCC/C=C\C/C=C\C/C=C\CC. The van der Waals surface area contributed by atoms with Crippen LogP contribution >= 0.6 is 0 Å². The molecule has 6 unspecified atom stereocenters. The molecule has 0 aliphatic carbocycles. The van der Waals surface area contributed by atoms with Gasteiger partial charge in [0.2, 0.25) is 0 Å². The van der Waals surface area contributed by atoms with Crippen LogP contribution in [0.4, 0.5) is 0 Å². The predicted octanol–water partition coefficient (Wildman–Crippen LogP) is 13.3. The van der Waals surface area contributed by atoms with Gasteiger partial charge < -0.3 is 39.0 Å². The number of allylic oxidation sites excluding steroid dienone is 16. The van der Waals surface area contributed by atoms with Crippen molar-refractivity contribution in [3.8, 4) is 0 Å². The number of unbranched alkanes of at least 4 members (excludes halogenated alkanes) is 14. The Labute approximate surface area is 428 Å². The fourth-order valence-electron chi connectivity index (χ4n) is 7.49. The molecule has 0 saturated carbocycles.